The molecular weight excluding hydrogens is 266 g/mol. The number of likely N-dealkylation sites (N-methyl/N-ethyl adjacent to an activating group) is 1. The fourth-order valence-electron chi connectivity index (χ4n) is 2.90. The Kier molecular flexibility index (Phi) is 5.07. The van der Waals surface area contributed by atoms with Crippen molar-refractivity contribution in [2.75, 3.05) is 43.4 Å². The van der Waals surface area contributed by atoms with E-state index in [0.29, 0.717) is 23.9 Å². The molecule has 0 spiro atoms. The van der Waals surface area contributed by atoms with Crippen LogP contribution in [0.4, 0.5) is 11.4 Å². The third-order valence-corrected chi connectivity index (χ3v) is 4.09. The van der Waals surface area contributed by atoms with Gasteiger partial charge in [-0.05, 0) is 32.5 Å². The average Bonchev–Trinajstić information content (AvgIpc) is 2.47. The van der Waals surface area contributed by atoms with E-state index in [1.807, 2.05) is 12.1 Å². The molecule has 1 fully saturated rings. The molecule has 0 bridgehead atoms. The van der Waals surface area contributed by atoms with E-state index in [1.54, 1.807) is 13.0 Å². The van der Waals surface area contributed by atoms with Gasteiger partial charge in [0.1, 0.15) is 0 Å². The van der Waals surface area contributed by atoms with Crippen molar-refractivity contribution in [3.05, 3.63) is 23.8 Å². The highest BCUT2D eigenvalue weighted by atomic mass is 16.5. The highest BCUT2D eigenvalue weighted by molar-refractivity contribution is 5.98. The van der Waals surface area contributed by atoms with Gasteiger partial charge in [0, 0.05) is 25.7 Å². The van der Waals surface area contributed by atoms with Gasteiger partial charge in [0.15, 0.2) is 0 Å². The van der Waals surface area contributed by atoms with Crippen molar-refractivity contribution in [2.24, 2.45) is 0 Å². The Bertz CT molecular complexity index is 504. The summed E-state index contributed by atoms with van der Waals surface area (Å²) in [5.74, 6) is -0.350. The number of ether oxygens (including phenoxy) is 1. The Morgan fingerprint density at radius 1 is 1.38 bits per heavy atom. The first kappa shape index (κ1) is 15.6. The lowest BCUT2D eigenvalue weighted by Crippen LogP contribution is -2.51. The number of nitrogens with two attached hydrogens (primary N) is 1. The van der Waals surface area contributed by atoms with E-state index in [2.05, 4.69) is 23.6 Å². The summed E-state index contributed by atoms with van der Waals surface area (Å²) in [6, 6.07) is 6.05. The summed E-state index contributed by atoms with van der Waals surface area (Å²) in [5.41, 5.74) is 8.11. The van der Waals surface area contributed by atoms with Crippen molar-refractivity contribution >= 4 is 17.3 Å². The molecule has 0 radical (unpaired) electrons. The second-order valence-corrected chi connectivity index (χ2v) is 5.38. The number of esters is 1. The van der Waals surface area contributed by atoms with Gasteiger partial charge in [-0.1, -0.05) is 13.0 Å². The monoisotopic (exact) mass is 291 g/mol. The number of carbonyl (C=O) groups is 1. The molecule has 1 aliphatic rings. The van der Waals surface area contributed by atoms with Crippen molar-refractivity contribution < 1.29 is 9.53 Å². The Labute approximate surface area is 126 Å². The molecule has 116 valence electrons. The van der Waals surface area contributed by atoms with Crippen LogP contribution in [0.5, 0.6) is 0 Å². The normalized spacial score (nSPS) is 19.6. The van der Waals surface area contributed by atoms with E-state index in [4.69, 9.17) is 10.5 Å². The van der Waals surface area contributed by atoms with Crippen LogP contribution >= 0.6 is 0 Å². The topological polar surface area (TPSA) is 58.8 Å². The van der Waals surface area contributed by atoms with Crippen LogP contribution in [0.2, 0.25) is 0 Å². The summed E-state index contributed by atoms with van der Waals surface area (Å²) in [6.07, 6.45) is 0. The number of piperazine rings is 1. The highest BCUT2D eigenvalue weighted by Crippen LogP contribution is 2.29. The molecule has 0 amide bonds. The van der Waals surface area contributed by atoms with Gasteiger partial charge in [0.2, 0.25) is 0 Å². The molecule has 5 heteroatoms. The smallest absolute Gasteiger partial charge is 0.340 e. The van der Waals surface area contributed by atoms with E-state index in [9.17, 15) is 4.79 Å². The lowest BCUT2D eigenvalue weighted by Gasteiger charge is -2.41. The summed E-state index contributed by atoms with van der Waals surface area (Å²) in [7, 11) is 0. The van der Waals surface area contributed by atoms with Crippen LogP contribution in [-0.2, 0) is 4.74 Å². The Morgan fingerprint density at radius 2 is 2.14 bits per heavy atom. The largest absolute Gasteiger partial charge is 0.462 e. The standard InChI is InChI=1S/C16H25N3O2/c1-4-18-9-10-19(11-12(18)3)14-8-6-7-13(15(14)17)16(20)21-5-2/h6-8,12H,4-5,9-11,17H2,1-3H3. The summed E-state index contributed by atoms with van der Waals surface area (Å²) in [4.78, 5) is 16.6. The molecule has 0 aliphatic carbocycles. The second-order valence-electron chi connectivity index (χ2n) is 5.38. The van der Waals surface area contributed by atoms with Gasteiger partial charge in [-0.2, -0.15) is 0 Å². The zero-order chi connectivity index (χ0) is 15.4. The molecule has 1 unspecified atom stereocenters. The quantitative estimate of drug-likeness (QED) is 0.679. The van der Waals surface area contributed by atoms with Crippen molar-refractivity contribution in [1.29, 1.82) is 0 Å². The zero-order valence-electron chi connectivity index (χ0n) is 13.1. The fourth-order valence-corrected chi connectivity index (χ4v) is 2.90. The third kappa shape index (κ3) is 3.29. The van der Waals surface area contributed by atoms with Crippen LogP contribution in [0, 0.1) is 0 Å². The van der Waals surface area contributed by atoms with Crippen molar-refractivity contribution in [2.45, 2.75) is 26.8 Å². The predicted octanol–water partition coefficient (Wildman–Crippen LogP) is 1.98. The molecule has 2 rings (SSSR count). The molecule has 21 heavy (non-hydrogen) atoms. The number of para-hydroxylation sites is 1. The molecule has 1 aromatic carbocycles. The SMILES string of the molecule is CCOC(=O)c1cccc(N2CCN(CC)C(C)C2)c1N. The number of benzene rings is 1. The molecule has 1 aliphatic heterocycles. The number of hydrogen-bond donors (Lipinski definition) is 1. The van der Waals surface area contributed by atoms with E-state index in [0.717, 1.165) is 31.9 Å². The third-order valence-electron chi connectivity index (χ3n) is 4.09. The van der Waals surface area contributed by atoms with Crippen LogP contribution in [0.3, 0.4) is 0 Å². The second kappa shape index (κ2) is 6.80. The van der Waals surface area contributed by atoms with Crippen LogP contribution in [0.1, 0.15) is 31.1 Å². The van der Waals surface area contributed by atoms with E-state index >= 15 is 0 Å². The van der Waals surface area contributed by atoms with Crippen molar-refractivity contribution in [1.82, 2.24) is 4.90 Å². The Hall–Kier alpha value is -1.75. The lowest BCUT2D eigenvalue weighted by molar-refractivity contribution is 0.0527. The zero-order valence-corrected chi connectivity index (χ0v) is 13.1. The molecule has 0 saturated carbocycles. The maximum Gasteiger partial charge on any atom is 0.340 e. The molecular formula is C16H25N3O2. The van der Waals surface area contributed by atoms with Gasteiger partial charge in [-0.3, -0.25) is 4.90 Å². The average molecular weight is 291 g/mol. The lowest BCUT2D eigenvalue weighted by atomic mass is 10.1. The van der Waals surface area contributed by atoms with Gasteiger partial charge in [0.25, 0.3) is 0 Å². The minimum absolute atomic E-state index is 0.350. The molecule has 1 atom stereocenters. The van der Waals surface area contributed by atoms with E-state index < -0.39 is 0 Å². The van der Waals surface area contributed by atoms with Crippen molar-refractivity contribution in [3.8, 4) is 0 Å². The minimum atomic E-state index is -0.350. The van der Waals surface area contributed by atoms with Crippen LogP contribution in [0.15, 0.2) is 18.2 Å². The number of anilines is 2. The van der Waals surface area contributed by atoms with Crippen LogP contribution in [0.25, 0.3) is 0 Å². The summed E-state index contributed by atoms with van der Waals surface area (Å²) in [5, 5.41) is 0. The van der Waals surface area contributed by atoms with Gasteiger partial charge >= 0.3 is 5.97 Å². The molecule has 2 N–H and O–H groups in total. The predicted molar refractivity (Wildman–Crippen MR) is 85.7 cm³/mol. The van der Waals surface area contributed by atoms with Gasteiger partial charge < -0.3 is 15.4 Å². The molecule has 0 aromatic heterocycles. The van der Waals surface area contributed by atoms with Crippen LogP contribution < -0.4 is 10.6 Å². The first-order valence-corrected chi connectivity index (χ1v) is 7.63. The number of rotatable bonds is 4. The Morgan fingerprint density at radius 3 is 2.76 bits per heavy atom. The molecule has 1 aromatic rings. The Balaban J connectivity index is 2.21. The molecule has 1 saturated heterocycles. The van der Waals surface area contributed by atoms with Gasteiger partial charge in [0.05, 0.1) is 23.5 Å². The first-order valence-electron chi connectivity index (χ1n) is 7.63. The summed E-state index contributed by atoms with van der Waals surface area (Å²) < 4.78 is 5.06. The number of carbonyl (C=O) groups excluding carboxylic acids is 1. The number of nitrogen functional groups attached to an aromatic ring is 1. The maximum absolute atomic E-state index is 11.9. The van der Waals surface area contributed by atoms with Gasteiger partial charge in [-0.25, -0.2) is 4.79 Å². The molecule has 1 heterocycles. The number of nitrogens with zero attached hydrogens (tertiary/aromatic N) is 2. The van der Waals surface area contributed by atoms with Crippen molar-refractivity contribution in [3.63, 3.8) is 0 Å². The highest BCUT2D eigenvalue weighted by Gasteiger charge is 2.25. The number of hydrogen-bond acceptors (Lipinski definition) is 5. The summed E-state index contributed by atoms with van der Waals surface area (Å²) in [6.45, 7) is 10.5. The van der Waals surface area contributed by atoms with E-state index in [-0.39, 0.29) is 5.97 Å². The van der Waals surface area contributed by atoms with Gasteiger partial charge in [-0.15, -0.1) is 0 Å². The molecule has 5 nitrogen and oxygen atoms in total. The van der Waals surface area contributed by atoms with Crippen LogP contribution in [-0.4, -0.2) is 49.7 Å². The van der Waals surface area contributed by atoms with E-state index in [1.165, 1.54) is 0 Å². The minimum Gasteiger partial charge on any atom is -0.462 e. The summed E-state index contributed by atoms with van der Waals surface area (Å²) >= 11 is 0. The maximum atomic E-state index is 11.9. The fraction of sp³-hybridized carbons (Fsp3) is 0.562. The first-order chi connectivity index (χ1) is 10.1.